The maximum Gasteiger partial charge on any atom is 0.340 e. The van der Waals surface area contributed by atoms with Crippen LogP contribution in [0.2, 0.25) is 0 Å². The number of carbonyl (C=O) groups excluding carboxylic acids is 1. The third-order valence-corrected chi connectivity index (χ3v) is 2.93. The van der Waals surface area contributed by atoms with E-state index in [1.54, 1.807) is 44.5 Å². The van der Waals surface area contributed by atoms with E-state index in [0.717, 1.165) is 0 Å². The maximum absolute atomic E-state index is 12.0. The predicted octanol–water partition coefficient (Wildman–Crippen LogP) is 2.46. The van der Waals surface area contributed by atoms with Gasteiger partial charge in [0.15, 0.2) is 0 Å². The Morgan fingerprint density at radius 2 is 2.09 bits per heavy atom. The Morgan fingerprint density at radius 1 is 1.26 bits per heavy atom. The van der Waals surface area contributed by atoms with Crippen molar-refractivity contribution in [2.24, 2.45) is 0 Å². The molecule has 1 aromatic carbocycles. The van der Waals surface area contributed by atoms with Gasteiger partial charge in [0.2, 0.25) is 5.95 Å². The summed E-state index contributed by atoms with van der Waals surface area (Å²) in [6.07, 6.45) is 1.64. The van der Waals surface area contributed by atoms with Crippen molar-refractivity contribution in [1.82, 2.24) is 9.97 Å². The first kappa shape index (κ1) is 16.7. The molecule has 0 atom stereocenters. The van der Waals surface area contributed by atoms with Crippen molar-refractivity contribution >= 4 is 23.4 Å². The van der Waals surface area contributed by atoms with Crippen LogP contribution in [0.1, 0.15) is 17.3 Å². The van der Waals surface area contributed by atoms with Gasteiger partial charge in [-0.1, -0.05) is 12.1 Å². The van der Waals surface area contributed by atoms with Gasteiger partial charge in [-0.2, -0.15) is 4.98 Å². The summed E-state index contributed by atoms with van der Waals surface area (Å²) in [6.45, 7) is 3.27. The summed E-state index contributed by atoms with van der Waals surface area (Å²) >= 11 is 0. The molecule has 2 rings (SSSR count). The number of methoxy groups -OCH3 is 1. The van der Waals surface area contributed by atoms with Gasteiger partial charge in [-0.05, 0) is 25.1 Å². The maximum atomic E-state index is 12.0. The molecule has 122 valence electrons. The van der Waals surface area contributed by atoms with E-state index in [1.165, 1.54) is 0 Å². The Bertz CT molecular complexity index is 649. The Kier molecular flexibility index (Phi) is 6.31. The smallest absolute Gasteiger partial charge is 0.340 e. The quantitative estimate of drug-likeness (QED) is 0.571. The zero-order valence-corrected chi connectivity index (χ0v) is 13.2. The molecule has 0 spiro atoms. The largest absolute Gasteiger partial charge is 0.462 e. The molecule has 0 unspecified atom stereocenters. The molecule has 0 bridgehead atoms. The highest BCUT2D eigenvalue weighted by Gasteiger charge is 2.12. The van der Waals surface area contributed by atoms with Crippen LogP contribution in [0.15, 0.2) is 36.5 Å². The standard InChI is InChI=1S/C16H20N4O3/c1-3-23-15(21)12-6-4-5-7-13(12)19-14-8-9-17-16(20-14)18-10-11-22-2/h4-9H,3,10-11H2,1-2H3,(H2,17,18,19,20). The monoisotopic (exact) mass is 316 g/mol. The molecule has 7 nitrogen and oxygen atoms in total. The molecular weight excluding hydrogens is 296 g/mol. The van der Waals surface area contributed by atoms with E-state index in [1.807, 2.05) is 6.07 Å². The summed E-state index contributed by atoms with van der Waals surface area (Å²) < 4.78 is 10.0. The molecule has 0 amide bonds. The van der Waals surface area contributed by atoms with Crippen LogP contribution < -0.4 is 10.6 Å². The fraction of sp³-hybridized carbons (Fsp3) is 0.312. The molecule has 0 saturated carbocycles. The van der Waals surface area contributed by atoms with E-state index in [-0.39, 0.29) is 5.97 Å². The second kappa shape index (κ2) is 8.70. The molecule has 0 saturated heterocycles. The number of nitrogens with zero attached hydrogens (tertiary/aromatic N) is 2. The lowest BCUT2D eigenvalue weighted by atomic mass is 10.2. The zero-order valence-electron chi connectivity index (χ0n) is 13.2. The Balaban J connectivity index is 2.13. The SMILES string of the molecule is CCOC(=O)c1ccccc1Nc1ccnc(NCCOC)n1. The number of esters is 1. The van der Waals surface area contributed by atoms with Gasteiger partial charge >= 0.3 is 5.97 Å². The number of anilines is 3. The highest BCUT2D eigenvalue weighted by molar-refractivity contribution is 5.96. The van der Waals surface area contributed by atoms with Gasteiger partial charge in [-0.15, -0.1) is 0 Å². The van der Waals surface area contributed by atoms with Crippen molar-refractivity contribution < 1.29 is 14.3 Å². The van der Waals surface area contributed by atoms with Gasteiger partial charge in [0, 0.05) is 19.9 Å². The summed E-state index contributed by atoms with van der Waals surface area (Å²) in [5, 5.41) is 6.17. The molecule has 0 radical (unpaired) electrons. The van der Waals surface area contributed by atoms with Crippen LogP contribution in [0.5, 0.6) is 0 Å². The van der Waals surface area contributed by atoms with Crippen LogP contribution in [0.4, 0.5) is 17.5 Å². The number of benzene rings is 1. The van der Waals surface area contributed by atoms with E-state index in [4.69, 9.17) is 9.47 Å². The molecule has 1 heterocycles. The Labute approximate surface area is 135 Å². The first-order valence-electron chi connectivity index (χ1n) is 7.33. The Morgan fingerprint density at radius 3 is 2.87 bits per heavy atom. The predicted molar refractivity (Wildman–Crippen MR) is 88.1 cm³/mol. The van der Waals surface area contributed by atoms with Gasteiger partial charge in [0.25, 0.3) is 0 Å². The van der Waals surface area contributed by atoms with Crippen LogP contribution in [0.3, 0.4) is 0 Å². The normalized spacial score (nSPS) is 10.2. The van der Waals surface area contributed by atoms with Crippen molar-refractivity contribution in [2.45, 2.75) is 6.92 Å². The molecule has 0 fully saturated rings. The number of ether oxygens (including phenoxy) is 2. The van der Waals surface area contributed by atoms with Crippen molar-refractivity contribution in [3.05, 3.63) is 42.1 Å². The molecule has 1 aromatic heterocycles. The average Bonchev–Trinajstić information content (AvgIpc) is 2.56. The second-order valence-corrected chi connectivity index (χ2v) is 4.58. The summed E-state index contributed by atoms with van der Waals surface area (Å²) in [6, 6.07) is 8.86. The fourth-order valence-electron chi connectivity index (χ4n) is 1.90. The lowest BCUT2D eigenvalue weighted by Gasteiger charge is -2.11. The number of hydrogen-bond acceptors (Lipinski definition) is 7. The molecule has 0 aliphatic heterocycles. The number of nitrogens with one attached hydrogen (secondary N) is 2. The van der Waals surface area contributed by atoms with E-state index >= 15 is 0 Å². The van der Waals surface area contributed by atoms with E-state index in [0.29, 0.717) is 42.8 Å². The van der Waals surface area contributed by atoms with Gasteiger partial charge in [0.05, 0.1) is 24.5 Å². The van der Waals surface area contributed by atoms with Crippen molar-refractivity contribution in [2.75, 3.05) is 37.5 Å². The number of rotatable bonds is 8. The number of carbonyl (C=O) groups is 1. The minimum absolute atomic E-state index is 0.328. The summed E-state index contributed by atoms with van der Waals surface area (Å²) in [4.78, 5) is 20.5. The molecule has 0 aliphatic carbocycles. The third kappa shape index (κ3) is 4.93. The molecule has 7 heteroatoms. The van der Waals surface area contributed by atoms with Gasteiger partial charge in [-0.25, -0.2) is 9.78 Å². The summed E-state index contributed by atoms with van der Waals surface area (Å²) in [5.41, 5.74) is 1.09. The minimum atomic E-state index is -0.372. The molecule has 2 aromatic rings. The number of aromatic nitrogens is 2. The van der Waals surface area contributed by atoms with E-state index < -0.39 is 0 Å². The zero-order chi connectivity index (χ0) is 16.5. The molecule has 2 N–H and O–H groups in total. The minimum Gasteiger partial charge on any atom is -0.462 e. The molecular formula is C16H20N4O3. The second-order valence-electron chi connectivity index (χ2n) is 4.58. The average molecular weight is 316 g/mol. The third-order valence-electron chi connectivity index (χ3n) is 2.93. The van der Waals surface area contributed by atoms with E-state index in [2.05, 4.69) is 20.6 Å². The van der Waals surface area contributed by atoms with Gasteiger partial charge < -0.3 is 20.1 Å². The fourth-order valence-corrected chi connectivity index (χ4v) is 1.90. The lowest BCUT2D eigenvalue weighted by molar-refractivity contribution is 0.0527. The first-order chi connectivity index (χ1) is 11.2. The highest BCUT2D eigenvalue weighted by atomic mass is 16.5. The van der Waals surface area contributed by atoms with E-state index in [9.17, 15) is 4.79 Å². The summed E-state index contributed by atoms with van der Waals surface area (Å²) in [5.74, 6) is 0.695. The van der Waals surface area contributed by atoms with Gasteiger partial charge in [-0.3, -0.25) is 0 Å². The molecule has 0 aliphatic rings. The van der Waals surface area contributed by atoms with Crippen LogP contribution >= 0.6 is 0 Å². The Hall–Kier alpha value is -2.67. The number of para-hydroxylation sites is 1. The highest BCUT2D eigenvalue weighted by Crippen LogP contribution is 2.20. The van der Waals surface area contributed by atoms with Crippen LogP contribution in [-0.4, -0.2) is 42.8 Å². The van der Waals surface area contributed by atoms with Crippen LogP contribution in [0.25, 0.3) is 0 Å². The topological polar surface area (TPSA) is 85.4 Å². The lowest BCUT2D eigenvalue weighted by Crippen LogP contribution is -2.11. The van der Waals surface area contributed by atoms with Crippen molar-refractivity contribution in [3.8, 4) is 0 Å². The first-order valence-corrected chi connectivity index (χ1v) is 7.33. The van der Waals surface area contributed by atoms with Crippen molar-refractivity contribution in [3.63, 3.8) is 0 Å². The summed E-state index contributed by atoms with van der Waals surface area (Å²) in [7, 11) is 1.63. The molecule has 23 heavy (non-hydrogen) atoms. The van der Waals surface area contributed by atoms with Crippen molar-refractivity contribution in [1.29, 1.82) is 0 Å². The van der Waals surface area contributed by atoms with Crippen LogP contribution in [0, 0.1) is 0 Å². The van der Waals surface area contributed by atoms with Gasteiger partial charge in [0.1, 0.15) is 5.82 Å². The number of hydrogen-bond donors (Lipinski definition) is 2. The van der Waals surface area contributed by atoms with Crippen LogP contribution in [-0.2, 0) is 9.47 Å².